The minimum atomic E-state index is -3.99. The number of aliphatic hydroxyl groups is 1. The molecular weight excluding hydrogens is 727 g/mol. The van der Waals surface area contributed by atoms with E-state index in [0.29, 0.717) is 62.2 Å². The van der Waals surface area contributed by atoms with E-state index in [2.05, 4.69) is 4.72 Å². The van der Waals surface area contributed by atoms with Crippen molar-refractivity contribution in [2.75, 3.05) is 10.1 Å². The summed E-state index contributed by atoms with van der Waals surface area (Å²) in [6.07, 6.45) is 9.93. The normalized spacial score (nSPS) is 16.2. The van der Waals surface area contributed by atoms with Crippen LogP contribution < -0.4 is 9.03 Å². The fraction of sp³-hybridized carbons (Fsp3) is 0.237. The highest BCUT2D eigenvalue weighted by atomic mass is 35.5. The third-order valence-corrected chi connectivity index (χ3v) is 13.0. The standard InChI is InChI=1S/C38H36Cl2N4O5S2/c39-30-16-17-34(35(40)22-30)36-24-43(31-9-5-10-32(23-31)44-25-38(45)42-51(44,48)49)37(41-36)20-27-12-14-28(15-13-27)29-8-4-11-33(21-29)50(46,47)19-18-26-6-2-1-3-7-26/h4-5,8-17,21-26,42,45H,1-3,6-7,18-20H2. The molecule has 1 aliphatic heterocycles. The fourth-order valence-electron chi connectivity index (χ4n) is 6.76. The Hall–Kier alpha value is -4.29. The van der Waals surface area contributed by atoms with Gasteiger partial charge in [-0.15, -0.1) is 0 Å². The summed E-state index contributed by atoms with van der Waals surface area (Å²) in [7, 11) is -7.39. The van der Waals surface area contributed by atoms with E-state index in [1.54, 1.807) is 54.6 Å². The maximum atomic E-state index is 13.3. The first kappa shape index (κ1) is 35.1. The third-order valence-electron chi connectivity index (χ3n) is 9.44. The van der Waals surface area contributed by atoms with Gasteiger partial charge in [0.2, 0.25) is 5.88 Å². The number of sulfone groups is 1. The number of imidazole rings is 1. The largest absolute Gasteiger partial charge is 0.493 e. The molecule has 2 heterocycles. The number of nitrogens with one attached hydrogen (secondary N) is 1. The molecule has 1 aromatic heterocycles. The summed E-state index contributed by atoms with van der Waals surface area (Å²) in [4.78, 5) is 5.30. The average Bonchev–Trinajstić information content (AvgIpc) is 3.66. The summed E-state index contributed by atoms with van der Waals surface area (Å²) in [5.41, 5.74) is 4.90. The zero-order valence-corrected chi connectivity index (χ0v) is 30.7. The van der Waals surface area contributed by atoms with E-state index in [9.17, 15) is 21.9 Å². The first-order valence-electron chi connectivity index (χ1n) is 16.7. The molecule has 0 saturated heterocycles. The van der Waals surface area contributed by atoms with E-state index in [4.69, 9.17) is 28.2 Å². The quantitative estimate of drug-likeness (QED) is 0.147. The summed E-state index contributed by atoms with van der Waals surface area (Å²) in [5, 5.41) is 10.8. The predicted octanol–water partition coefficient (Wildman–Crippen LogP) is 8.86. The molecule has 51 heavy (non-hydrogen) atoms. The lowest BCUT2D eigenvalue weighted by Crippen LogP contribution is -2.29. The van der Waals surface area contributed by atoms with Crippen molar-refractivity contribution in [1.29, 1.82) is 0 Å². The maximum Gasteiger partial charge on any atom is 0.330 e. The van der Waals surface area contributed by atoms with Crippen LogP contribution in [0, 0.1) is 5.92 Å². The van der Waals surface area contributed by atoms with Gasteiger partial charge < -0.3 is 9.67 Å². The zero-order chi connectivity index (χ0) is 35.8. The van der Waals surface area contributed by atoms with Gasteiger partial charge in [0.05, 0.1) is 33.3 Å². The molecule has 0 amide bonds. The van der Waals surface area contributed by atoms with E-state index >= 15 is 0 Å². The van der Waals surface area contributed by atoms with Gasteiger partial charge in [-0.25, -0.2) is 22.4 Å². The molecule has 1 fully saturated rings. The Morgan fingerprint density at radius 2 is 1.61 bits per heavy atom. The molecule has 1 saturated carbocycles. The van der Waals surface area contributed by atoms with Crippen molar-refractivity contribution in [2.24, 2.45) is 5.92 Å². The second-order valence-electron chi connectivity index (χ2n) is 13.0. The Labute approximate surface area is 308 Å². The van der Waals surface area contributed by atoms with Crippen molar-refractivity contribution in [1.82, 2.24) is 14.3 Å². The monoisotopic (exact) mass is 762 g/mol. The minimum absolute atomic E-state index is 0.169. The molecule has 4 aromatic carbocycles. The van der Waals surface area contributed by atoms with E-state index in [0.717, 1.165) is 40.0 Å². The van der Waals surface area contributed by atoms with Gasteiger partial charge in [0, 0.05) is 28.9 Å². The number of halogens is 2. The summed E-state index contributed by atoms with van der Waals surface area (Å²) < 4.78 is 56.7. The number of rotatable bonds is 10. The second kappa shape index (κ2) is 14.4. The van der Waals surface area contributed by atoms with E-state index in [1.807, 2.05) is 47.2 Å². The van der Waals surface area contributed by atoms with Gasteiger partial charge >= 0.3 is 10.2 Å². The van der Waals surface area contributed by atoms with Gasteiger partial charge in [-0.1, -0.05) is 97.8 Å². The molecular formula is C38H36Cl2N4O5S2. The minimum Gasteiger partial charge on any atom is -0.493 e. The number of anilines is 1. The fourth-order valence-corrected chi connectivity index (χ4v) is 9.78. The van der Waals surface area contributed by atoms with Crippen LogP contribution >= 0.6 is 23.2 Å². The van der Waals surface area contributed by atoms with Crippen LogP contribution in [0.5, 0.6) is 0 Å². The Morgan fingerprint density at radius 1 is 0.863 bits per heavy atom. The molecule has 5 aromatic rings. The molecule has 0 radical (unpaired) electrons. The van der Waals surface area contributed by atoms with Crippen LogP contribution in [0.4, 0.5) is 5.69 Å². The first-order chi connectivity index (χ1) is 24.4. The molecule has 0 atom stereocenters. The highest BCUT2D eigenvalue weighted by Crippen LogP contribution is 2.33. The van der Waals surface area contributed by atoms with Crippen LogP contribution in [0.1, 0.15) is 49.9 Å². The SMILES string of the molecule is O=S(=O)(CCC1CCCCC1)c1cccc(-c2ccc(Cc3nc(-c4ccc(Cl)cc4Cl)cn3-c3cccc(N4C=C(O)NS4(=O)=O)c3)cc2)c1. The Morgan fingerprint density at radius 3 is 2.33 bits per heavy atom. The highest BCUT2D eigenvalue weighted by molar-refractivity contribution is 7.91. The molecule has 0 bridgehead atoms. The molecule has 1 aliphatic carbocycles. The third kappa shape index (κ3) is 7.82. The van der Waals surface area contributed by atoms with Gasteiger partial charge in [-0.3, -0.25) is 0 Å². The van der Waals surface area contributed by atoms with Gasteiger partial charge in [0.25, 0.3) is 0 Å². The van der Waals surface area contributed by atoms with Crippen molar-refractivity contribution in [3.63, 3.8) is 0 Å². The number of hydrogen-bond acceptors (Lipinski definition) is 6. The molecule has 0 spiro atoms. The number of hydrogen-bond donors (Lipinski definition) is 2. The topological polar surface area (TPSA) is 122 Å². The zero-order valence-electron chi connectivity index (χ0n) is 27.5. The summed E-state index contributed by atoms with van der Waals surface area (Å²) >= 11 is 12.7. The molecule has 2 N–H and O–H groups in total. The first-order valence-corrected chi connectivity index (χ1v) is 20.6. The molecule has 9 nitrogen and oxygen atoms in total. The van der Waals surface area contributed by atoms with Crippen LogP contribution in [0.25, 0.3) is 28.1 Å². The average molecular weight is 764 g/mol. The predicted molar refractivity (Wildman–Crippen MR) is 202 cm³/mol. The van der Waals surface area contributed by atoms with Crippen LogP contribution in [-0.4, -0.2) is 37.2 Å². The van der Waals surface area contributed by atoms with Crippen LogP contribution in [-0.2, 0) is 26.5 Å². The van der Waals surface area contributed by atoms with E-state index in [1.165, 1.54) is 19.3 Å². The van der Waals surface area contributed by atoms with Crippen molar-refractivity contribution in [2.45, 2.75) is 49.8 Å². The Kier molecular flexibility index (Phi) is 9.91. The lowest BCUT2D eigenvalue weighted by atomic mass is 9.88. The smallest absolute Gasteiger partial charge is 0.330 e. The Bertz CT molecular complexity index is 2340. The second-order valence-corrected chi connectivity index (χ2v) is 17.5. The van der Waals surface area contributed by atoms with E-state index in [-0.39, 0.29) is 5.75 Å². The molecule has 7 rings (SSSR count). The van der Waals surface area contributed by atoms with Crippen LogP contribution in [0.2, 0.25) is 10.0 Å². The highest BCUT2D eigenvalue weighted by Gasteiger charge is 2.29. The van der Waals surface area contributed by atoms with Crippen molar-refractivity contribution >= 4 is 48.9 Å². The lowest BCUT2D eigenvalue weighted by molar-refractivity contribution is 0.350. The molecule has 13 heteroatoms. The summed E-state index contributed by atoms with van der Waals surface area (Å²) in [6.45, 7) is 0. The lowest BCUT2D eigenvalue weighted by Gasteiger charge is -2.21. The van der Waals surface area contributed by atoms with Crippen molar-refractivity contribution in [3.8, 4) is 28.1 Å². The van der Waals surface area contributed by atoms with E-state index < -0.39 is 25.9 Å². The number of benzene rings is 4. The maximum absolute atomic E-state index is 13.3. The van der Waals surface area contributed by atoms with Gasteiger partial charge in [-0.2, -0.15) is 8.42 Å². The van der Waals surface area contributed by atoms with Gasteiger partial charge in [0.1, 0.15) is 5.82 Å². The summed E-state index contributed by atoms with van der Waals surface area (Å²) in [5.74, 6) is 0.846. The van der Waals surface area contributed by atoms with Crippen molar-refractivity contribution in [3.05, 3.63) is 131 Å². The molecule has 2 aliphatic rings. The summed E-state index contributed by atoms with van der Waals surface area (Å²) in [6, 6.07) is 27.1. The van der Waals surface area contributed by atoms with Crippen LogP contribution in [0.15, 0.2) is 114 Å². The Balaban J connectivity index is 1.17. The molecule has 264 valence electrons. The number of aliphatic hydroxyl groups excluding tert-OH is 1. The van der Waals surface area contributed by atoms with Crippen molar-refractivity contribution < 1.29 is 21.9 Å². The number of aromatic nitrogens is 2. The number of nitrogens with zero attached hydrogens (tertiary/aromatic N) is 3. The van der Waals surface area contributed by atoms with Gasteiger partial charge in [0.15, 0.2) is 9.84 Å². The molecule has 0 unspecified atom stereocenters. The van der Waals surface area contributed by atoms with Gasteiger partial charge in [-0.05, 0) is 77.6 Å². The van der Waals surface area contributed by atoms with Crippen LogP contribution in [0.3, 0.4) is 0 Å².